The first-order valence-electron chi connectivity index (χ1n) is 7.95. The van der Waals surface area contributed by atoms with Crippen LogP contribution in [0.25, 0.3) is 16.7 Å². The molecule has 21 heavy (non-hydrogen) atoms. The Morgan fingerprint density at radius 1 is 1.24 bits per heavy atom. The highest BCUT2D eigenvalue weighted by Crippen LogP contribution is 2.30. The molecule has 3 heterocycles. The average molecular weight is 283 g/mol. The Labute approximate surface area is 124 Å². The molecule has 110 valence electrons. The number of aromatic nitrogens is 2. The van der Waals surface area contributed by atoms with Crippen LogP contribution < -0.4 is 5.32 Å². The minimum Gasteiger partial charge on any atom is -0.385 e. The van der Waals surface area contributed by atoms with Crippen LogP contribution in [0.5, 0.6) is 0 Å². The standard InChI is InChI=1S/C17H21N3O/c1-3-10-18-14(7-1)13-6-5-8-15-17(13)19-12-20(15)16-9-2-4-11-21-16/h5-8,12,16,18H,1-4,9-11H2. The van der Waals surface area contributed by atoms with Crippen molar-refractivity contribution in [3.8, 4) is 0 Å². The number of hydrogen-bond acceptors (Lipinski definition) is 3. The highest BCUT2D eigenvalue weighted by atomic mass is 16.5. The molecule has 1 aromatic carbocycles. The van der Waals surface area contributed by atoms with Gasteiger partial charge in [-0.1, -0.05) is 18.2 Å². The van der Waals surface area contributed by atoms with E-state index in [0.29, 0.717) is 0 Å². The predicted octanol–water partition coefficient (Wildman–Crippen LogP) is 3.46. The normalized spacial score (nSPS) is 22.9. The molecule has 4 heteroatoms. The molecule has 2 aromatic rings. The van der Waals surface area contributed by atoms with Crippen LogP contribution in [-0.2, 0) is 4.74 Å². The largest absolute Gasteiger partial charge is 0.385 e. The zero-order valence-corrected chi connectivity index (χ0v) is 12.2. The first-order valence-corrected chi connectivity index (χ1v) is 7.95. The summed E-state index contributed by atoms with van der Waals surface area (Å²) in [5.41, 5.74) is 4.68. The molecule has 0 radical (unpaired) electrons. The fraction of sp³-hybridized carbons (Fsp3) is 0.471. The highest BCUT2D eigenvalue weighted by Gasteiger charge is 2.19. The van der Waals surface area contributed by atoms with Gasteiger partial charge in [-0.2, -0.15) is 0 Å². The molecule has 0 saturated carbocycles. The minimum absolute atomic E-state index is 0.146. The third-order valence-corrected chi connectivity index (χ3v) is 4.41. The lowest BCUT2D eigenvalue weighted by atomic mass is 10.1. The van der Waals surface area contributed by atoms with Crippen molar-refractivity contribution in [3.05, 3.63) is 36.2 Å². The minimum atomic E-state index is 0.146. The highest BCUT2D eigenvalue weighted by molar-refractivity contribution is 5.89. The van der Waals surface area contributed by atoms with E-state index in [1.165, 1.54) is 36.0 Å². The van der Waals surface area contributed by atoms with E-state index >= 15 is 0 Å². The number of benzene rings is 1. The second-order valence-corrected chi connectivity index (χ2v) is 5.83. The summed E-state index contributed by atoms with van der Waals surface area (Å²) in [4.78, 5) is 4.67. The van der Waals surface area contributed by atoms with Gasteiger partial charge >= 0.3 is 0 Å². The molecular weight excluding hydrogens is 262 g/mol. The van der Waals surface area contributed by atoms with Gasteiger partial charge in [0.2, 0.25) is 0 Å². The van der Waals surface area contributed by atoms with Crippen molar-refractivity contribution < 1.29 is 4.74 Å². The van der Waals surface area contributed by atoms with Gasteiger partial charge < -0.3 is 14.6 Å². The van der Waals surface area contributed by atoms with Crippen molar-refractivity contribution in [1.82, 2.24) is 14.9 Å². The fourth-order valence-corrected chi connectivity index (χ4v) is 3.30. The summed E-state index contributed by atoms with van der Waals surface area (Å²) in [7, 11) is 0. The van der Waals surface area contributed by atoms with Gasteiger partial charge in [0, 0.05) is 24.4 Å². The SMILES string of the molecule is C1=C(c2cccc3c2ncn3C2CCCCO2)NCCC1. The Morgan fingerprint density at radius 2 is 2.24 bits per heavy atom. The first kappa shape index (κ1) is 12.9. The Hall–Kier alpha value is -1.81. The average Bonchev–Trinajstić information content (AvgIpc) is 3.00. The lowest BCUT2D eigenvalue weighted by Gasteiger charge is -2.24. The molecule has 1 atom stereocenters. The molecule has 2 aliphatic rings. The molecule has 1 N–H and O–H groups in total. The van der Waals surface area contributed by atoms with Gasteiger partial charge in [0.1, 0.15) is 6.23 Å². The van der Waals surface area contributed by atoms with Crippen molar-refractivity contribution in [3.63, 3.8) is 0 Å². The Balaban J connectivity index is 1.77. The van der Waals surface area contributed by atoms with Crippen LogP contribution in [0, 0.1) is 0 Å². The Kier molecular flexibility index (Phi) is 3.39. The maximum absolute atomic E-state index is 5.91. The number of imidazole rings is 1. The van der Waals surface area contributed by atoms with Crippen LogP contribution in [0.1, 0.15) is 43.9 Å². The first-order chi connectivity index (χ1) is 10.4. The van der Waals surface area contributed by atoms with E-state index in [1.807, 2.05) is 6.33 Å². The van der Waals surface area contributed by atoms with Gasteiger partial charge in [0.05, 0.1) is 17.4 Å². The lowest BCUT2D eigenvalue weighted by molar-refractivity contribution is -0.0295. The van der Waals surface area contributed by atoms with Gasteiger partial charge in [-0.3, -0.25) is 0 Å². The van der Waals surface area contributed by atoms with Crippen molar-refractivity contribution >= 4 is 16.7 Å². The molecule has 2 aliphatic heterocycles. The summed E-state index contributed by atoms with van der Waals surface area (Å²) in [5, 5.41) is 3.50. The third kappa shape index (κ3) is 2.33. The van der Waals surface area contributed by atoms with E-state index in [-0.39, 0.29) is 6.23 Å². The van der Waals surface area contributed by atoms with Crippen molar-refractivity contribution in [2.24, 2.45) is 0 Å². The second-order valence-electron chi connectivity index (χ2n) is 5.83. The van der Waals surface area contributed by atoms with Crippen molar-refractivity contribution in [2.75, 3.05) is 13.2 Å². The van der Waals surface area contributed by atoms with Gasteiger partial charge in [0.15, 0.2) is 0 Å². The molecule has 1 unspecified atom stereocenters. The number of rotatable bonds is 2. The number of hydrogen-bond donors (Lipinski definition) is 1. The summed E-state index contributed by atoms with van der Waals surface area (Å²) in [6, 6.07) is 6.43. The van der Waals surface area contributed by atoms with Gasteiger partial charge in [-0.15, -0.1) is 0 Å². The van der Waals surface area contributed by atoms with Crippen molar-refractivity contribution in [1.29, 1.82) is 0 Å². The maximum Gasteiger partial charge on any atom is 0.135 e. The second kappa shape index (κ2) is 5.53. The summed E-state index contributed by atoms with van der Waals surface area (Å²) in [5.74, 6) is 0. The van der Waals surface area contributed by atoms with E-state index in [9.17, 15) is 0 Å². The summed E-state index contributed by atoms with van der Waals surface area (Å²) in [6.45, 7) is 1.91. The van der Waals surface area contributed by atoms with Crippen LogP contribution in [0.15, 0.2) is 30.6 Å². The van der Waals surface area contributed by atoms with E-state index in [0.717, 1.165) is 31.5 Å². The molecular formula is C17H21N3O. The molecule has 4 rings (SSSR count). The number of nitrogens with one attached hydrogen (secondary N) is 1. The van der Waals surface area contributed by atoms with Crippen LogP contribution in [0.4, 0.5) is 0 Å². The van der Waals surface area contributed by atoms with Crippen molar-refractivity contribution in [2.45, 2.75) is 38.3 Å². The topological polar surface area (TPSA) is 39.1 Å². The molecule has 0 amide bonds. The molecule has 1 saturated heterocycles. The summed E-state index contributed by atoms with van der Waals surface area (Å²) >= 11 is 0. The monoisotopic (exact) mass is 283 g/mol. The number of ether oxygens (including phenoxy) is 1. The number of nitrogens with zero attached hydrogens (tertiary/aromatic N) is 2. The summed E-state index contributed by atoms with van der Waals surface area (Å²) in [6.07, 6.45) is 10.2. The smallest absolute Gasteiger partial charge is 0.135 e. The van der Waals surface area contributed by atoms with E-state index in [1.54, 1.807) is 0 Å². The lowest BCUT2D eigenvalue weighted by Crippen LogP contribution is -2.18. The van der Waals surface area contributed by atoms with E-state index < -0.39 is 0 Å². The molecule has 1 fully saturated rings. The number of allylic oxidation sites excluding steroid dienone is 1. The fourth-order valence-electron chi connectivity index (χ4n) is 3.30. The molecule has 4 nitrogen and oxygen atoms in total. The van der Waals surface area contributed by atoms with Crippen LogP contribution in [-0.4, -0.2) is 22.7 Å². The summed E-state index contributed by atoms with van der Waals surface area (Å²) < 4.78 is 8.10. The molecule has 0 aliphatic carbocycles. The Bertz CT molecular complexity index is 668. The van der Waals surface area contributed by atoms with Crippen LogP contribution in [0.3, 0.4) is 0 Å². The van der Waals surface area contributed by atoms with Crippen LogP contribution in [0.2, 0.25) is 0 Å². The molecule has 1 aromatic heterocycles. The third-order valence-electron chi connectivity index (χ3n) is 4.41. The van der Waals surface area contributed by atoms with E-state index in [2.05, 4.69) is 39.1 Å². The molecule has 0 spiro atoms. The van der Waals surface area contributed by atoms with E-state index in [4.69, 9.17) is 4.74 Å². The zero-order chi connectivity index (χ0) is 14.1. The molecule has 0 bridgehead atoms. The zero-order valence-electron chi connectivity index (χ0n) is 12.2. The number of fused-ring (bicyclic) bond motifs is 1. The van der Waals surface area contributed by atoms with Gasteiger partial charge in [-0.25, -0.2) is 4.98 Å². The van der Waals surface area contributed by atoms with Gasteiger partial charge in [-0.05, 0) is 38.2 Å². The van der Waals surface area contributed by atoms with Gasteiger partial charge in [0.25, 0.3) is 0 Å². The quantitative estimate of drug-likeness (QED) is 0.917. The number of para-hydroxylation sites is 1. The van der Waals surface area contributed by atoms with Crippen LogP contribution >= 0.6 is 0 Å². The maximum atomic E-state index is 5.91. The predicted molar refractivity (Wildman–Crippen MR) is 83.8 cm³/mol. The Morgan fingerprint density at radius 3 is 3.05 bits per heavy atom.